The fourth-order valence-corrected chi connectivity index (χ4v) is 13.4. The molecule has 17 heteroatoms. The summed E-state index contributed by atoms with van der Waals surface area (Å²) in [6.45, 7) is 17.1. The summed E-state index contributed by atoms with van der Waals surface area (Å²) in [6, 6.07) is -0.738. The lowest BCUT2D eigenvalue weighted by Gasteiger charge is -2.63. The monoisotopic (exact) mass is 939 g/mol. The van der Waals surface area contributed by atoms with E-state index in [1.165, 1.54) is 32.9 Å². The van der Waals surface area contributed by atoms with Crippen molar-refractivity contribution in [2.24, 2.45) is 45.8 Å². The molecule has 6 aliphatic rings. The van der Waals surface area contributed by atoms with E-state index < -0.39 is 135 Å². The number of alkyl halides is 2. The van der Waals surface area contributed by atoms with Gasteiger partial charge in [0.2, 0.25) is 5.60 Å². The largest absolute Gasteiger partial charge is 0.463 e. The molecule has 0 radical (unpaired) electrons. The molecular weight excluding hydrogens is 863 g/mol. The Labute approximate surface area is 387 Å². The van der Waals surface area contributed by atoms with E-state index >= 15 is 8.78 Å². The number of carbonyl (C=O) groups excluding carboxylic acids is 4. The average Bonchev–Trinajstić information content (AvgIpc) is 3.74. The van der Waals surface area contributed by atoms with Gasteiger partial charge in [0.25, 0.3) is 0 Å². The van der Waals surface area contributed by atoms with Crippen LogP contribution in [0, 0.1) is 45.8 Å². The van der Waals surface area contributed by atoms with Crippen LogP contribution in [0.25, 0.3) is 0 Å². The van der Waals surface area contributed by atoms with Crippen molar-refractivity contribution in [2.45, 2.75) is 179 Å². The van der Waals surface area contributed by atoms with Gasteiger partial charge in [-0.05, 0) is 110 Å². The van der Waals surface area contributed by atoms with Crippen molar-refractivity contribution >= 4 is 23.7 Å². The highest BCUT2D eigenvalue weighted by Gasteiger charge is 2.79. The van der Waals surface area contributed by atoms with Crippen molar-refractivity contribution in [3.05, 3.63) is 23.8 Å². The molecule has 5 fully saturated rings. The Morgan fingerprint density at radius 1 is 0.970 bits per heavy atom. The highest BCUT2D eigenvalue weighted by Crippen LogP contribution is 2.72. The minimum absolute atomic E-state index is 0.0170. The number of esters is 3. The van der Waals surface area contributed by atoms with Crippen molar-refractivity contribution in [3.63, 3.8) is 0 Å². The lowest BCUT2D eigenvalue weighted by Crippen LogP contribution is -2.71. The van der Waals surface area contributed by atoms with Crippen LogP contribution in [0.3, 0.4) is 0 Å². The molecule has 374 valence electrons. The second kappa shape index (κ2) is 18.4. The summed E-state index contributed by atoms with van der Waals surface area (Å²) in [6.07, 6.45) is -4.88. The maximum atomic E-state index is 17.9. The van der Waals surface area contributed by atoms with Gasteiger partial charge in [-0.2, -0.15) is 0 Å². The Kier molecular flexibility index (Phi) is 14.7. The molecule has 66 heavy (non-hydrogen) atoms. The van der Waals surface area contributed by atoms with Crippen LogP contribution in [0.15, 0.2) is 23.8 Å². The van der Waals surface area contributed by atoms with E-state index in [0.29, 0.717) is 19.5 Å². The second-order valence-corrected chi connectivity index (χ2v) is 21.7. The van der Waals surface area contributed by atoms with Crippen molar-refractivity contribution in [1.29, 1.82) is 0 Å². The number of nitrogens with one attached hydrogen (secondary N) is 1. The molecule has 0 aromatic rings. The molecule has 4 saturated carbocycles. The number of halogens is 2. The third-order valence-electron chi connectivity index (χ3n) is 17.8. The molecule has 1 aliphatic heterocycles. The lowest BCUT2D eigenvalue weighted by atomic mass is 9.44. The molecule has 0 aromatic carbocycles. The zero-order valence-corrected chi connectivity index (χ0v) is 40.4. The Morgan fingerprint density at radius 3 is 2.27 bits per heavy atom. The summed E-state index contributed by atoms with van der Waals surface area (Å²) in [7, 11) is 0. The maximum Gasteiger partial charge on any atom is 0.351 e. The van der Waals surface area contributed by atoms with Gasteiger partial charge in [0.05, 0.1) is 42.9 Å². The zero-order chi connectivity index (χ0) is 49.3. The first-order valence-corrected chi connectivity index (χ1v) is 24.1. The molecule has 7 N–H and O–H groups in total. The quantitative estimate of drug-likeness (QED) is 0.0897. The van der Waals surface area contributed by atoms with Gasteiger partial charge in [-0.15, -0.1) is 0 Å². The first-order valence-electron chi connectivity index (χ1n) is 24.1. The lowest BCUT2D eigenvalue weighted by molar-refractivity contribution is -0.239. The summed E-state index contributed by atoms with van der Waals surface area (Å²) in [5.74, 6) is -7.31. The number of carbonyl (C=O) groups is 4. The minimum atomic E-state index is -2.38. The normalized spacial score (nSPS) is 48.4. The topological polar surface area (TPSA) is 233 Å². The van der Waals surface area contributed by atoms with E-state index in [4.69, 9.17) is 14.2 Å². The number of nitrogens with zero attached hydrogens (tertiary/aromatic N) is 1. The average molecular weight is 939 g/mol. The van der Waals surface area contributed by atoms with Gasteiger partial charge in [0.15, 0.2) is 11.5 Å². The number of fused-ring (bicyclic) bond motifs is 6. The fourth-order valence-electron chi connectivity index (χ4n) is 13.4. The van der Waals surface area contributed by atoms with Crippen LogP contribution >= 0.6 is 0 Å². The van der Waals surface area contributed by atoms with E-state index in [-0.39, 0.29) is 63.8 Å². The van der Waals surface area contributed by atoms with E-state index in [1.807, 2.05) is 4.90 Å². The molecule has 15 nitrogen and oxygen atoms in total. The number of cyclic esters (lactones) is 1. The summed E-state index contributed by atoms with van der Waals surface area (Å²) in [4.78, 5) is 55.4. The summed E-state index contributed by atoms with van der Waals surface area (Å²) >= 11 is 0. The molecule has 1 saturated heterocycles. The molecule has 0 spiro atoms. The highest BCUT2D eigenvalue weighted by molar-refractivity contribution is 6.01. The molecule has 6 rings (SSSR count). The minimum Gasteiger partial charge on any atom is -0.463 e. The number of rotatable bonds is 11. The van der Waals surface area contributed by atoms with Crippen molar-refractivity contribution < 1.29 is 72.8 Å². The van der Waals surface area contributed by atoms with Crippen molar-refractivity contribution in [3.8, 4) is 0 Å². The first-order chi connectivity index (χ1) is 30.6. The smallest absolute Gasteiger partial charge is 0.351 e. The molecule has 1 heterocycles. The van der Waals surface area contributed by atoms with E-state index in [1.54, 1.807) is 48.5 Å². The van der Waals surface area contributed by atoms with E-state index in [2.05, 4.69) is 5.32 Å². The van der Waals surface area contributed by atoms with Crippen LogP contribution in [0.5, 0.6) is 0 Å². The third-order valence-corrected chi connectivity index (χ3v) is 17.8. The Hall–Kier alpha value is -2.90. The van der Waals surface area contributed by atoms with Gasteiger partial charge in [0.1, 0.15) is 24.0 Å². The van der Waals surface area contributed by atoms with Crippen LogP contribution in [-0.4, -0.2) is 157 Å². The van der Waals surface area contributed by atoms with Crippen LogP contribution in [-0.2, 0) is 33.4 Å². The Bertz CT molecular complexity index is 1940. The summed E-state index contributed by atoms with van der Waals surface area (Å²) < 4.78 is 51.4. The predicted molar refractivity (Wildman–Crippen MR) is 237 cm³/mol. The van der Waals surface area contributed by atoms with Crippen molar-refractivity contribution in [2.75, 3.05) is 32.8 Å². The second-order valence-electron chi connectivity index (χ2n) is 21.7. The number of aliphatic hydroxyl groups is 6. The molecule has 0 amide bonds. The fraction of sp³-hybridized carbons (Fsp3) is 0.837. The van der Waals surface area contributed by atoms with Gasteiger partial charge >= 0.3 is 17.9 Å². The Morgan fingerprint density at radius 2 is 1.64 bits per heavy atom. The zero-order valence-electron chi connectivity index (χ0n) is 40.4. The first kappa shape index (κ1) is 52.5. The SMILES string of the molecule is CCOC(=O)[C@@]1(OC(=O)CCNCCCN2C[C@]3(C)C[C@@]3(O)[C@H](O)[C@@H](C)[C@H](O)[C@@H](C)C(=O)O[C@H](CC)[C@@](C)(O)[C@H](O)[C@H]2C)[C@H](C)CC2C3C[C@H](F)C4=CC(=O)C=C[C@]4(C)[C@@]3(F)[C@@H](O)C[C@@]21C. The number of hydrogen-bond acceptors (Lipinski definition) is 15. The third kappa shape index (κ3) is 8.10. The number of allylic oxidation sites excluding steroid dienone is 4. The predicted octanol–water partition coefficient (Wildman–Crippen LogP) is 3.04. The number of ether oxygens (including phenoxy) is 3. The summed E-state index contributed by atoms with van der Waals surface area (Å²) in [5, 5.41) is 72.7. The number of aliphatic hydroxyl groups excluding tert-OH is 4. The number of hydrogen-bond donors (Lipinski definition) is 7. The molecule has 5 aliphatic carbocycles. The molecular formula is C49H76F2N2O13. The van der Waals surface area contributed by atoms with Crippen LogP contribution in [0.1, 0.15) is 114 Å². The van der Waals surface area contributed by atoms with Crippen molar-refractivity contribution in [1.82, 2.24) is 10.2 Å². The van der Waals surface area contributed by atoms with Gasteiger partial charge in [-0.3, -0.25) is 19.3 Å². The number of ketones is 1. The van der Waals surface area contributed by atoms with Crippen LogP contribution in [0.2, 0.25) is 0 Å². The molecule has 19 atom stereocenters. The highest BCUT2D eigenvalue weighted by atomic mass is 19.1. The molecule has 2 unspecified atom stereocenters. The molecule has 0 bridgehead atoms. The molecule has 0 aromatic heterocycles. The van der Waals surface area contributed by atoms with E-state index in [9.17, 15) is 49.8 Å². The Balaban J connectivity index is 1.14. The van der Waals surface area contributed by atoms with Crippen LogP contribution < -0.4 is 5.32 Å². The van der Waals surface area contributed by atoms with E-state index in [0.717, 1.165) is 6.08 Å². The van der Waals surface area contributed by atoms with Crippen LogP contribution in [0.4, 0.5) is 8.78 Å². The standard InChI is InChI=1S/C49H76F2N2O13/c1-11-36-46(10,62)40(59)29(6)53(25-43(7)24-47(43,63)39(58)27(4)38(57)28(5)41(60)65-36)19-13-17-52-18-15-37(56)66-49(42(61)64-12-2)26(3)20-31-32-22-34(50)33-21-30(54)14-16-44(33,8)48(32,51)35(55)23-45(31,49)9/h14,16,21,26-29,31-32,34-36,38-40,52,55,57-59,62-63H,11-13,15,17-20,22-25H2,1-10H3/t26-,27+,28-,29-,31?,32?,34+,35+,36-,38+,39-,40-,43+,44+,45+,46-,47-,48+,49+/m1/s1. The van der Waals surface area contributed by atoms with Gasteiger partial charge in [-0.25, -0.2) is 13.6 Å². The van der Waals surface area contributed by atoms with Gasteiger partial charge < -0.3 is 50.2 Å². The van der Waals surface area contributed by atoms with Gasteiger partial charge in [0, 0.05) is 53.1 Å². The van der Waals surface area contributed by atoms with Gasteiger partial charge in [-0.1, -0.05) is 40.7 Å². The summed E-state index contributed by atoms with van der Waals surface area (Å²) in [5.41, 5.74) is -11.7. The maximum absolute atomic E-state index is 17.9.